The van der Waals surface area contributed by atoms with Crippen molar-refractivity contribution in [3.05, 3.63) is 76.1 Å². The van der Waals surface area contributed by atoms with Gasteiger partial charge in [-0.1, -0.05) is 23.8 Å². The van der Waals surface area contributed by atoms with E-state index in [2.05, 4.69) is 4.98 Å². The number of benzene rings is 2. The first-order valence-electron chi connectivity index (χ1n) is 7.99. The summed E-state index contributed by atoms with van der Waals surface area (Å²) >= 11 is 0. The Kier molecular flexibility index (Phi) is 4.53. The quantitative estimate of drug-likeness (QED) is 0.533. The van der Waals surface area contributed by atoms with Crippen LogP contribution in [0.5, 0.6) is 0 Å². The molecule has 0 fully saturated rings. The van der Waals surface area contributed by atoms with E-state index in [4.69, 9.17) is 0 Å². The molecule has 0 atom stereocenters. The molecule has 0 aliphatic heterocycles. The maximum atomic E-state index is 12.1. The van der Waals surface area contributed by atoms with Crippen molar-refractivity contribution in [2.24, 2.45) is 0 Å². The van der Waals surface area contributed by atoms with Crippen molar-refractivity contribution in [2.75, 3.05) is 14.1 Å². The van der Waals surface area contributed by atoms with Crippen molar-refractivity contribution in [1.82, 2.24) is 14.5 Å². The molecule has 0 radical (unpaired) electrons. The fourth-order valence-corrected chi connectivity index (χ4v) is 2.76. The fourth-order valence-electron chi connectivity index (χ4n) is 2.76. The lowest BCUT2D eigenvalue weighted by Crippen LogP contribution is -2.21. The molecule has 3 aromatic rings. The van der Waals surface area contributed by atoms with Gasteiger partial charge in [-0.2, -0.15) is 0 Å². The summed E-state index contributed by atoms with van der Waals surface area (Å²) in [7, 11) is 3.21. The smallest absolute Gasteiger partial charge is 0.294 e. The maximum Gasteiger partial charge on any atom is 0.294 e. The van der Waals surface area contributed by atoms with Gasteiger partial charge in [-0.15, -0.1) is 0 Å². The molecule has 2 aromatic carbocycles. The van der Waals surface area contributed by atoms with Crippen LogP contribution in [0.25, 0.3) is 17.1 Å². The molecule has 7 heteroatoms. The zero-order chi connectivity index (χ0) is 18.8. The second-order valence-corrected chi connectivity index (χ2v) is 6.15. The van der Waals surface area contributed by atoms with Gasteiger partial charge in [0.05, 0.1) is 4.92 Å². The van der Waals surface area contributed by atoms with Gasteiger partial charge in [-0.05, 0) is 25.1 Å². The molecule has 132 valence electrons. The van der Waals surface area contributed by atoms with E-state index in [-0.39, 0.29) is 17.2 Å². The van der Waals surface area contributed by atoms with E-state index in [0.29, 0.717) is 11.5 Å². The van der Waals surface area contributed by atoms with E-state index in [1.54, 1.807) is 43.2 Å². The normalized spacial score (nSPS) is 10.6. The number of nitro groups is 1. The molecule has 0 saturated heterocycles. The number of imidazole rings is 1. The van der Waals surface area contributed by atoms with E-state index < -0.39 is 4.92 Å². The zero-order valence-electron chi connectivity index (χ0n) is 14.7. The minimum atomic E-state index is -0.484. The highest BCUT2D eigenvalue weighted by atomic mass is 16.6. The fraction of sp³-hybridized carbons (Fsp3) is 0.158. The number of aryl methyl sites for hydroxylation is 1. The summed E-state index contributed by atoms with van der Waals surface area (Å²) in [5.41, 5.74) is 2.41. The van der Waals surface area contributed by atoms with Crippen molar-refractivity contribution in [2.45, 2.75) is 6.92 Å². The Hall–Kier alpha value is -3.48. The summed E-state index contributed by atoms with van der Waals surface area (Å²) in [6, 6.07) is 12.2. The Balaban J connectivity index is 2.15. The minimum absolute atomic E-state index is 0.149. The third-order valence-electron chi connectivity index (χ3n) is 4.00. The van der Waals surface area contributed by atoms with E-state index in [1.165, 1.54) is 11.0 Å². The molecule has 0 spiro atoms. The van der Waals surface area contributed by atoms with Crippen LogP contribution in [0.3, 0.4) is 0 Å². The molecular formula is C19H18N4O3. The van der Waals surface area contributed by atoms with E-state index in [1.807, 2.05) is 31.2 Å². The topological polar surface area (TPSA) is 81.3 Å². The Bertz CT molecular complexity index is 992. The molecule has 0 aliphatic rings. The molecule has 1 amide bonds. The van der Waals surface area contributed by atoms with Gasteiger partial charge >= 0.3 is 0 Å². The third-order valence-corrected chi connectivity index (χ3v) is 4.00. The summed E-state index contributed by atoms with van der Waals surface area (Å²) in [6.07, 6.45) is 3.27. The summed E-state index contributed by atoms with van der Waals surface area (Å²) in [6.45, 7) is 1.97. The van der Waals surface area contributed by atoms with Crippen LogP contribution in [-0.4, -0.2) is 39.4 Å². The van der Waals surface area contributed by atoms with Gasteiger partial charge < -0.3 is 4.90 Å². The second-order valence-electron chi connectivity index (χ2n) is 6.15. The first-order valence-corrected chi connectivity index (χ1v) is 7.99. The molecule has 7 nitrogen and oxygen atoms in total. The molecule has 1 aromatic heterocycles. The second kappa shape index (κ2) is 6.79. The number of nitro benzene ring substituents is 1. The predicted octanol–water partition coefficient (Wildman–Crippen LogP) is 3.46. The summed E-state index contributed by atoms with van der Waals surface area (Å²) in [5.74, 6) is 0.313. The largest absolute Gasteiger partial charge is 0.345 e. The first-order chi connectivity index (χ1) is 12.4. The predicted molar refractivity (Wildman–Crippen MR) is 98.4 cm³/mol. The van der Waals surface area contributed by atoms with Crippen LogP contribution in [0, 0.1) is 17.0 Å². The van der Waals surface area contributed by atoms with Crippen LogP contribution in [0.1, 0.15) is 15.9 Å². The van der Waals surface area contributed by atoms with E-state index in [9.17, 15) is 14.9 Å². The first kappa shape index (κ1) is 17.3. The Morgan fingerprint density at radius 2 is 1.96 bits per heavy atom. The van der Waals surface area contributed by atoms with Crippen molar-refractivity contribution < 1.29 is 9.72 Å². The number of nitrogens with zero attached hydrogens (tertiary/aromatic N) is 4. The standard InChI is InChI=1S/C19H18N4O3/c1-13-5-4-6-14(11-13)18-20-9-10-22(18)16-8-7-15(19(24)21(2)3)12-17(16)23(25)26/h4-12H,1-3H3. The monoisotopic (exact) mass is 350 g/mol. The van der Waals surface area contributed by atoms with E-state index >= 15 is 0 Å². The number of rotatable bonds is 4. The number of amides is 1. The Labute approximate surface area is 150 Å². The van der Waals surface area contributed by atoms with Crippen LogP contribution < -0.4 is 0 Å². The average Bonchev–Trinajstić information content (AvgIpc) is 3.10. The van der Waals surface area contributed by atoms with Gasteiger partial charge in [-0.25, -0.2) is 4.98 Å². The highest BCUT2D eigenvalue weighted by molar-refractivity contribution is 5.95. The van der Waals surface area contributed by atoms with Crippen molar-refractivity contribution in [1.29, 1.82) is 0 Å². The Morgan fingerprint density at radius 1 is 1.19 bits per heavy atom. The van der Waals surface area contributed by atoms with Crippen molar-refractivity contribution in [3.8, 4) is 17.1 Å². The Morgan fingerprint density at radius 3 is 2.62 bits per heavy atom. The molecule has 1 heterocycles. The molecule has 0 aliphatic carbocycles. The highest BCUT2D eigenvalue weighted by Gasteiger charge is 2.21. The number of carbonyl (C=O) groups is 1. The van der Waals surface area contributed by atoms with Crippen LogP contribution in [-0.2, 0) is 0 Å². The van der Waals surface area contributed by atoms with Gasteiger partial charge in [0.15, 0.2) is 0 Å². The molecule has 26 heavy (non-hydrogen) atoms. The molecule has 0 unspecified atom stereocenters. The molecule has 0 bridgehead atoms. The van der Waals surface area contributed by atoms with Gasteiger partial charge in [0.2, 0.25) is 0 Å². The number of hydrogen-bond acceptors (Lipinski definition) is 4. The van der Waals surface area contributed by atoms with Crippen LogP contribution in [0.15, 0.2) is 54.9 Å². The van der Waals surface area contributed by atoms with Crippen LogP contribution in [0.2, 0.25) is 0 Å². The highest BCUT2D eigenvalue weighted by Crippen LogP contribution is 2.29. The molecular weight excluding hydrogens is 332 g/mol. The molecule has 0 saturated carbocycles. The van der Waals surface area contributed by atoms with Gasteiger partial charge in [0.1, 0.15) is 11.5 Å². The molecule has 0 N–H and O–H groups in total. The maximum absolute atomic E-state index is 12.1. The summed E-state index contributed by atoms with van der Waals surface area (Å²) < 4.78 is 1.66. The van der Waals surface area contributed by atoms with Crippen molar-refractivity contribution in [3.63, 3.8) is 0 Å². The van der Waals surface area contributed by atoms with Crippen LogP contribution in [0.4, 0.5) is 5.69 Å². The van der Waals surface area contributed by atoms with Gasteiger partial charge in [0, 0.05) is 43.7 Å². The van der Waals surface area contributed by atoms with Crippen molar-refractivity contribution >= 4 is 11.6 Å². The number of carbonyl (C=O) groups excluding carboxylic acids is 1. The average molecular weight is 350 g/mol. The van der Waals surface area contributed by atoms with Gasteiger partial charge in [-0.3, -0.25) is 19.5 Å². The summed E-state index contributed by atoms with van der Waals surface area (Å²) in [4.78, 5) is 29.0. The number of hydrogen-bond donors (Lipinski definition) is 0. The lowest BCUT2D eigenvalue weighted by atomic mass is 10.1. The zero-order valence-corrected chi connectivity index (χ0v) is 14.7. The summed E-state index contributed by atoms with van der Waals surface area (Å²) in [5, 5.41) is 11.6. The lowest BCUT2D eigenvalue weighted by molar-refractivity contribution is -0.384. The van der Waals surface area contributed by atoms with E-state index in [0.717, 1.165) is 11.1 Å². The van der Waals surface area contributed by atoms with Crippen LogP contribution >= 0.6 is 0 Å². The molecule has 3 rings (SSSR count). The minimum Gasteiger partial charge on any atom is -0.345 e. The number of aromatic nitrogens is 2. The third kappa shape index (κ3) is 3.19. The lowest BCUT2D eigenvalue weighted by Gasteiger charge is -2.13. The van der Waals surface area contributed by atoms with Gasteiger partial charge in [0.25, 0.3) is 11.6 Å². The SMILES string of the molecule is Cc1cccc(-c2nccn2-c2ccc(C(=O)N(C)C)cc2[N+](=O)[O-])c1.